The zero-order valence-corrected chi connectivity index (χ0v) is 14.6. The average molecular weight is 351 g/mol. The van der Waals surface area contributed by atoms with E-state index in [0.717, 1.165) is 16.5 Å². The number of methoxy groups -OCH3 is 2. The number of nitrogens with zero attached hydrogens (tertiary/aromatic N) is 2. The Labute approximate surface area is 150 Å². The van der Waals surface area contributed by atoms with Gasteiger partial charge in [0.1, 0.15) is 5.56 Å². The SMILES string of the molecule is COC(=O)C=Cc1cn(C[n+]2cccc(C(=O)OC)c2)c2ccccc12. The smallest absolute Gasteiger partial charge is 0.343 e. The van der Waals surface area contributed by atoms with Crippen molar-refractivity contribution in [3.05, 3.63) is 72.2 Å². The molecule has 2 aromatic heterocycles. The summed E-state index contributed by atoms with van der Waals surface area (Å²) in [5.74, 6) is -0.777. The van der Waals surface area contributed by atoms with E-state index in [2.05, 4.69) is 4.74 Å². The molecule has 3 aromatic rings. The first-order valence-electron chi connectivity index (χ1n) is 8.03. The second kappa shape index (κ2) is 7.65. The number of rotatable bonds is 5. The van der Waals surface area contributed by atoms with Crippen LogP contribution in [0.3, 0.4) is 0 Å². The van der Waals surface area contributed by atoms with Crippen LogP contribution in [-0.2, 0) is 20.9 Å². The number of ether oxygens (including phenoxy) is 2. The van der Waals surface area contributed by atoms with Crippen LogP contribution in [0.25, 0.3) is 17.0 Å². The number of pyridine rings is 1. The maximum Gasteiger partial charge on any atom is 0.343 e. The molecule has 0 bridgehead atoms. The van der Waals surface area contributed by atoms with Crippen LogP contribution in [0.5, 0.6) is 0 Å². The van der Waals surface area contributed by atoms with Gasteiger partial charge < -0.3 is 9.47 Å². The Bertz CT molecular complexity index is 988. The number of benzene rings is 1. The molecule has 0 fully saturated rings. The van der Waals surface area contributed by atoms with Gasteiger partial charge in [-0.15, -0.1) is 0 Å². The Morgan fingerprint density at radius 1 is 1.12 bits per heavy atom. The number of carbonyl (C=O) groups excluding carboxylic acids is 2. The zero-order valence-electron chi connectivity index (χ0n) is 14.6. The predicted molar refractivity (Wildman–Crippen MR) is 96.4 cm³/mol. The van der Waals surface area contributed by atoms with Crippen LogP contribution in [-0.4, -0.2) is 30.7 Å². The third-order valence-electron chi connectivity index (χ3n) is 4.01. The fourth-order valence-corrected chi connectivity index (χ4v) is 2.78. The largest absolute Gasteiger partial charge is 0.466 e. The van der Waals surface area contributed by atoms with Crippen molar-refractivity contribution in [2.45, 2.75) is 6.67 Å². The van der Waals surface area contributed by atoms with E-state index < -0.39 is 5.97 Å². The van der Waals surface area contributed by atoms with E-state index in [1.807, 2.05) is 45.8 Å². The molecular weight excluding hydrogens is 332 g/mol. The van der Waals surface area contributed by atoms with Gasteiger partial charge in [-0.05, 0) is 18.2 Å². The molecule has 2 heterocycles. The van der Waals surface area contributed by atoms with Gasteiger partial charge in [0.15, 0.2) is 12.4 Å². The van der Waals surface area contributed by atoms with Crippen molar-refractivity contribution in [2.75, 3.05) is 14.2 Å². The van der Waals surface area contributed by atoms with E-state index >= 15 is 0 Å². The molecule has 0 saturated carbocycles. The van der Waals surface area contributed by atoms with Gasteiger partial charge in [0, 0.05) is 29.3 Å². The first-order valence-corrected chi connectivity index (χ1v) is 8.03. The second-order valence-electron chi connectivity index (χ2n) is 5.67. The molecular formula is C20H19N2O4+. The van der Waals surface area contributed by atoms with Crippen molar-refractivity contribution in [3.63, 3.8) is 0 Å². The highest BCUT2D eigenvalue weighted by atomic mass is 16.5. The highest BCUT2D eigenvalue weighted by Crippen LogP contribution is 2.22. The standard InChI is InChI=1S/C20H19N2O4/c1-25-19(23)10-9-15-13-22(18-8-4-3-7-17(15)18)14-21-11-5-6-16(12-21)20(24)26-2/h3-13H,14H2,1-2H3/q+1. The number of hydrogen-bond donors (Lipinski definition) is 0. The lowest BCUT2D eigenvalue weighted by Crippen LogP contribution is -2.37. The summed E-state index contributed by atoms with van der Waals surface area (Å²) in [6.45, 7) is 0.511. The Kier molecular flexibility index (Phi) is 5.12. The van der Waals surface area contributed by atoms with Gasteiger partial charge >= 0.3 is 11.9 Å². The molecule has 0 aliphatic carbocycles. The molecule has 6 heteroatoms. The lowest BCUT2D eigenvalue weighted by molar-refractivity contribution is -0.701. The van der Waals surface area contributed by atoms with Crippen LogP contribution in [0, 0.1) is 0 Å². The fraction of sp³-hybridized carbons (Fsp3) is 0.150. The molecule has 0 aliphatic heterocycles. The van der Waals surface area contributed by atoms with Crippen molar-refractivity contribution in [2.24, 2.45) is 0 Å². The summed E-state index contributed by atoms with van der Waals surface area (Å²) < 4.78 is 13.4. The highest BCUT2D eigenvalue weighted by Gasteiger charge is 2.13. The van der Waals surface area contributed by atoms with Gasteiger partial charge in [0.05, 0.1) is 19.7 Å². The van der Waals surface area contributed by atoms with Crippen LogP contribution in [0.4, 0.5) is 0 Å². The number of carbonyl (C=O) groups is 2. The van der Waals surface area contributed by atoms with Crippen LogP contribution >= 0.6 is 0 Å². The minimum Gasteiger partial charge on any atom is -0.466 e. The summed E-state index contributed by atoms with van der Waals surface area (Å²) >= 11 is 0. The van der Waals surface area contributed by atoms with E-state index in [4.69, 9.17) is 4.74 Å². The number of hydrogen-bond acceptors (Lipinski definition) is 4. The minimum atomic E-state index is -0.401. The van der Waals surface area contributed by atoms with Crippen LogP contribution in [0.1, 0.15) is 15.9 Å². The summed E-state index contributed by atoms with van der Waals surface area (Å²) in [5.41, 5.74) is 2.42. The first kappa shape index (κ1) is 17.4. The van der Waals surface area contributed by atoms with Crippen LogP contribution < -0.4 is 4.57 Å². The third kappa shape index (κ3) is 3.64. The summed E-state index contributed by atoms with van der Waals surface area (Å²) in [6.07, 6.45) is 8.72. The van der Waals surface area contributed by atoms with Crippen molar-refractivity contribution in [1.82, 2.24) is 4.57 Å². The molecule has 0 N–H and O–H groups in total. The summed E-state index contributed by atoms with van der Waals surface area (Å²) in [6, 6.07) is 11.4. The van der Waals surface area contributed by atoms with Crippen LogP contribution in [0.15, 0.2) is 61.1 Å². The second-order valence-corrected chi connectivity index (χ2v) is 5.67. The molecule has 0 spiro atoms. The van der Waals surface area contributed by atoms with E-state index in [-0.39, 0.29) is 5.97 Å². The van der Waals surface area contributed by atoms with Gasteiger partial charge in [0.2, 0.25) is 6.67 Å². The molecule has 0 saturated heterocycles. The van der Waals surface area contributed by atoms with Crippen LogP contribution in [0.2, 0.25) is 0 Å². The third-order valence-corrected chi connectivity index (χ3v) is 4.01. The first-order chi connectivity index (χ1) is 12.6. The monoisotopic (exact) mass is 351 g/mol. The Balaban J connectivity index is 1.97. The molecule has 0 radical (unpaired) electrons. The fourth-order valence-electron chi connectivity index (χ4n) is 2.78. The summed E-state index contributed by atoms with van der Waals surface area (Å²) in [7, 11) is 2.71. The Morgan fingerprint density at radius 2 is 1.92 bits per heavy atom. The average Bonchev–Trinajstić information content (AvgIpc) is 3.03. The maximum atomic E-state index is 11.7. The Morgan fingerprint density at radius 3 is 2.69 bits per heavy atom. The number of fused-ring (bicyclic) bond motifs is 1. The number of aromatic nitrogens is 2. The molecule has 3 rings (SSSR count). The van der Waals surface area contributed by atoms with E-state index in [0.29, 0.717) is 12.2 Å². The number of para-hydroxylation sites is 1. The van der Waals surface area contributed by atoms with Gasteiger partial charge in [-0.1, -0.05) is 18.2 Å². The quantitative estimate of drug-likeness (QED) is 0.402. The Hall–Kier alpha value is -3.41. The molecule has 0 unspecified atom stereocenters. The number of esters is 2. The molecule has 0 aliphatic rings. The van der Waals surface area contributed by atoms with Gasteiger partial charge in [-0.25, -0.2) is 9.59 Å². The molecule has 132 valence electrons. The van der Waals surface area contributed by atoms with Gasteiger partial charge in [0.25, 0.3) is 0 Å². The van der Waals surface area contributed by atoms with Gasteiger partial charge in [-0.2, -0.15) is 4.57 Å². The lowest BCUT2D eigenvalue weighted by atomic mass is 10.1. The van der Waals surface area contributed by atoms with Crippen molar-refractivity contribution < 1.29 is 23.6 Å². The normalized spacial score (nSPS) is 11.0. The predicted octanol–water partition coefficient (Wildman–Crippen LogP) is 2.41. The van der Waals surface area contributed by atoms with E-state index in [1.165, 1.54) is 20.3 Å². The lowest BCUT2D eigenvalue weighted by Gasteiger charge is -2.03. The maximum absolute atomic E-state index is 11.7. The summed E-state index contributed by atoms with van der Waals surface area (Å²) in [5, 5.41) is 1.03. The topological polar surface area (TPSA) is 61.4 Å². The van der Waals surface area contributed by atoms with Crippen molar-refractivity contribution in [3.8, 4) is 0 Å². The minimum absolute atomic E-state index is 0.376. The molecule has 1 aromatic carbocycles. The molecule has 26 heavy (non-hydrogen) atoms. The highest BCUT2D eigenvalue weighted by molar-refractivity contribution is 5.94. The van der Waals surface area contributed by atoms with E-state index in [1.54, 1.807) is 24.4 Å². The summed E-state index contributed by atoms with van der Waals surface area (Å²) in [4.78, 5) is 23.1. The molecule has 0 atom stereocenters. The zero-order chi connectivity index (χ0) is 18.5. The van der Waals surface area contributed by atoms with Crippen molar-refractivity contribution in [1.29, 1.82) is 0 Å². The van der Waals surface area contributed by atoms with Gasteiger partial charge in [-0.3, -0.25) is 4.57 Å². The van der Waals surface area contributed by atoms with Crippen molar-refractivity contribution >= 4 is 28.9 Å². The molecule has 6 nitrogen and oxygen atoms in total. The van der Waals surface area contributed by atoms with E-state index in [9.17, 15) is 9.59 Å². The molecule has 0 amide bonds.